The van der Waals surface area contributed by atoms with E-state index >= 15 is 0 Å². The summed E-state index contributed by atoms with van der Waals surface area (Å²) in [5, 5.41) is 2.62. The van der Waals surface area contributed by atoms with Crippen molar-refractivity contribution in [2.24, 2.45) is 5.92 Å². The second-order valence-corrected chi connectivity index (χ2v) is 11.3. The van der Waals surface area contributed by atoms with Gasteiger partial charge in [0, 0.05) is 19.0 Å². The highest BCUT2D eigenvalue weighted by Gasteiger charge is 2.33. The Labute approximate surface area is 198 Å². The van der Waals surface area contributed by atoms with Crippen molar-refractivity contribution in [3.63, 3.8) is 0 Å². The molecule has 2 aromatic carbocycles. The lowest BCUT2D eigenvalue weighted by molar-refractivity contribution is -0.153. The van der Waals surface area contributed by atoms with Gasteiger partial charge in [-0.05, 0) is 48.1 Å². The number of sulfonamides is 1. The van der Waals surface area contributed by atoms with Crippen molar-refractivity contribution in [2.75, 3.05) is 25.0 Å². The van der Waals surface area contributed by atoms with Crippen LogP contribution in [0.4, 0.5) is 18.9 Å². The van der Waals surface area contributed by atoms with Crippen molar-refractivity contribution in [3.8, 4) is 5.75 Å². The molecule has 1 aliphatic rings. The normalized spacial score (nSPS) is 16.3. The van der Waals surface area contributed by atoms with Gasteiger partial charge >= 0.3 is 6.18 Å². The van der Waals surface area contributed by atoms with Gasteiger partial charge in [0.2, 0.25) is 15.9 Å². The van der Waals surface area contributed by atoms with Gasteiger partial charge in [-0.3, -0.25) is 4.79 Å². The lowest BCUT2D eigenvalue weighted by atomic mass is 9.87. The van der Waals surface area contributed by atoms with E-state index in [0.717, 1.165) is 5.56 Å². The molecule has 6 nitrogen and oxygen atoms in total. The summed E-state index contributed by atoms with van der Waals surface area (Å²) < 4.78 is 69.7. The topological polar surface area (TPSA) is 75.7 Å². The average molecular weight is 499 g/mol. The first-order valence-corrected chi connectivity index (χ1v) is 12.4. The highest BCUT2D eigenvalue weighted by atomic mass is 32.2. The summed E-state index contributed by atoms with van der Waals surface area (Å²) >= 11 is 0. The molecule has 1 amide bonds. The fourth-order valence-corrected chi connectivity index (χ4v) is 5.19. The monoisotopic (exact) mass is 498 g/mol. The lowest BCUT2D eigenvalue weighted by Crippen LogP contribution is -2.41. The molecule has 0 spiro atoms. The van der Waals surface area contributed by atoms with Gasteiger partial charge in [-0.2, -0.15) is 17.5 Å². The van der Waals surface area contributed by atoms with Crippen LogP contribution < -0.4 is 10.1 Å². The number of piperidine rings is 1. The molecule has 0 atom stereocenters. The van der Waals surface area contributed by atoms with Gasteiger partial charge in [-0.1, -0.05) is 45.0 Å². The molecule has 0 saturated carbocycles. The predicted molar refractivity (Wildman–Crippen MR) is 123 cm³/mol. The number of para-hydroxylation sites is 2. The number of halogens is 3. The van der Waals surface area contributed by atoms with Crippen LogP contribution in [-0.2, 0) is 20.2 Å². The van der Waals surface area contributed by atoms with Crippen molar-refractivity contribution < 1.29 is 31.1 Å². The molecule has 186 valence electrons. The quantitative estimate of drug-likeness (QED) is 0.611. The van der Waals surface area contributed by atoms with E-state index in [-0.39, 0.29) is 40.7 Å². The number of carbonyl (C=O) groups is 1. The molecule has 3 rings (SSSR count). The zero-order valence-electron chi connectivity index (χ0n) is 19.4. The first kappa shape index (κ1) is 26.0. The summed E-state index contributed by atoms with van der Waals surface area (Å²) in [6.07, 6.45) is -3.89. The Morgan fingerprint density at radius 2 is 1.62 bits per heavy atom. The summed E-state index contributed by atoms with van der Waals surface area (Å²) in [7, 11) is -3.69. The molecule has 1 heterocycles. The van der Waals surface area contributed by atoms with Crippen LogP contribution in [0.5, 0.6) is 5.75 Å². The number of amides is 1. The van der Waals surface area contributed by atoms with E-state index in [9.17, 15) is 26.4 Å². The van der Waals surface area contributed by atoms with Gasteiger partial charge in [-0.15, -0.1) is 0 Å². The molecule has 0 aliphatic carbocycles. The SMILES string of the molecule is CC(C)(C)c1ccc(S(=O)(=O)N2CCC(C(=O)Nc3ccccc3OCC(F)(F)F)CC2)cc1. The Hall–Kier alpha value is -2.59. The Morgan fingerprint density at radius 1 is 1.03 bits per heavy atom. The van der Waals surface area contributed by atoms with Gasteiger partial charge in [0.1, 0.15) is 5.75 Å². The second kappa shape index (κ2) is 9.95. The van der Waals surface area contributed by atoms with E-state index in [1.807, 2.05) is 32.9 Å². The smallest absolute Gasteiger partial charge is 0.422 e. The Kier molecular flexibility index (Phi) is 7.62. The summed E-state index contributed by atoms with van der Waals surface area (Å²) in [6, 6.07) is 12.7. The maximum Gasteiger partial charge on any atom is 0.422 e. The van der Waals surface area contributed by atoms with Gasteiger partial charge in [-0.25, -0.2) is 8.42 Å². The number of hydrogen-bond acceptors (Lipinski definition) is 4. The summed E-state index contributed by atoms with van der Waals surface area (Å²) in [6.45, 7) is 5.03. The second-order valence-electron chi connectivity index (χ2n) is 9.34. The van der Waals surface area contributed by atoms with Gasteiger partial charge in [0.25, 0.3) is 0 Å². The molecule has 10 heteroatoms. The van der Waals surface area contributed by atoms with E-state index in [1.54, 1.807) is 18.2 Å². The largest absolute Gasteiger partial charge is 0.482 e. The first-order chi connectivity index (χ1) is 15.8. The third-order valence-electron chi connectivity index (χ3n) is 5.72. The third kappa shape index (κ3) is 6.50. The zero-order valence-corrected chi connectivity index (χ0v) is 20.2. The number of nitrogens with one attached hydrogen (secondary N) is 1. The van der Waals surface area contributed by atoms with Crippen LogP contribution in [0.15, 0.2) is 53.4 Å². The van der Waals surface area contributed by atoms with E-state index in [1.165, 1.54) is 22.5 Å². The van der Waals surface area contributed by atoms with Crippen molar-refractivity contribution in [1.82, 2.24) is 4.31 Å². The summed E-state index contributed by atoms with van der Waals surface area (Å²) in [4.78, 5) is 12.9. The molecule has 0 bridgehead atoms. The van der Waals surface area contributed by atoms with Crippen LogP contribution >= 0.6 is 0 Å². The molecular weight excluding hydrogens is 469 g/mol. The van der Waals surface area contributed by atoms with Gasteiger partial charge in [0.15, 0.2) is 6.61 Å². The highest BCUT2D eigenvalue weighted by Crippen LogP contribution is 2.30. The molecule has 1 N–H and O–H groups in total. The average Bonchev–Trinajstić information content (AvgIpc) is 2.77. The fraction of sp³-hybridized carbons (Fsp3) is 0.458. The summed E-state index contributed by atoms with van der Waals surface area (Å²) in [5.74, 6) is -0.924. The van der Waals surface area contributed by atoms with Crippen molar-refractivity contribution >= 4 is 21.6 Å². The number of nitrogens with zero attached hydrogens (tertiary/aromatic N) is 1. The Balaban J connectivity index is 1.61. The lowest BCUT2D eigenvalue weighted by Gasteiger charge is -2.31. The molecule has 34 heavy (non-hydrogen) atoms. The van der Waals surface area contributed by atoms with Gasteiger partial charge < -0.3 is 10.1 Å². The molecule has 1 aliphatic heterocycles. The number of alkyl halides is 3. The standard InChI is InChI=1S/C24H29F3N2O4S/c1-23(2,3)18-8-10-19(11-9-18)34(31,32)29-14-12-17(13-15-29)22(30)28-20-6-4-5-7-21(20)33-16-24(25,26)27/h4-11,17H,12-16H2,1-3H3,(H,28,30). The first-order valence-electron chi connectivity index (χ1n) is 11.0. The zero-order chi connectivity index (χ0) is 25.1. The van der Waals surface area contributed by atoms with E-state index in [4.69, 9.17) is 4.74 Å². The highest BCUT2D eigenvalue weighted by molar-refractivity contribution is 7.89. The predicted octanol–water partition coefficient (Wildman–Crippen LogP) is 4.96. The number of benzene rings is 2. The molecule has 0 aromatic heterocycles. The maximum absolute atomic E-state index is 13.0. The van der Waals surface area contributed by atoms with Crippen LogP contribution in [-0.4, -0.2) is 44.5 Å². The number of ether oxygens (including phenoxy) is 1. The van der Waals surface area contributed by atoms with E-state index in [0.29, 0.717) is 12.8 Å². The number of hydrogen-bond donors (Lipinski definition) is 1. The molecular formula is C24H29F3N2O4S. The molecule has 2 aromatic rings. The third-order valence-corrected chi connectivity index (χ3v) is 7.63. The van der Waals surface area contributed by atoms with Crippen LogP contribution in [0.1, 0.15) is 39.2 Å². The number of rotatable bonds is 6. The van der Waals surface area contributed by atoms with Crippen LogP contribution in [0.3, 0.4) is 0 Å². The molecule has 0 unspecified atom stereocenters. The number of anilines is 1. The van der Waals surface area contributed by atoms with E-state index < -0.39 is 28.7 Å². The Bertz CT molecular complexity index is 1100. The Morgan fingerprint density at radius 3 is 2.18 bits per heavy atom. The van der Waals surface area contributed by atoms with Crippen LogP contribution in [0.2, 0.25) is 0 Å². The van der Waals surface area contributed by atoms with Crippen LogP contribution in [0, 0.1) is 5.92 Å². The van der Waals surface area contributed by atoms with Crippen LogP contribution in [0.25, 0.3) is 0 Å². The van der Waals surface area contributed by atoms with Crippen molar-refractivity contribution in [1.29, 1.82) is 0 Å². The number of carbonyl (C=O) groups excluding carboxylic acids is 1. The summed E-state index contributed by atoms with van der Waals surface area (Å²) in [5.41, 5.74) is 1.08. The fourth-order valence-electron chi connectivity index (χ4n) is 3.72. The van der Waals surface area contributed by atoms with E-state index in [2.05, 4.69) is 5.32 Å². The minimum Gasteiger partial charge on any atom is -0.482 e. The minimum atomic E-state index is -4.50. The minimum absolute atomic E-state index is 0.0770. The maximum atomic E-state index is 13.0. The van der Waals surface area contributed by atoms with Gasteiger partial charge in [0.05, 0.1) is 10.6 Å². The molecule has 0 radical (unpaired) electrons. The molecule has 1 fully saturated rings. The van der Waals surface area contributed by atoms with Crippen molar-refractivity contribution in [2.45, 2.75) is 50.1 Å². The van der Waals surface area contributed by atoms with Crippen molar-refractivity contribution in [3.05, 3.63) is 54.1 Å². The molecule has 1 saturated heterocycles.